The highest BCUT2D eigenvalue weighted by molar-refractivity contribution is 5.98. The van der Waals surface area contributed by atoms with Crippen LogP contribution in [0.4, 0.5) is 0 Å². The molecule has 5 nitrogen and oxygen atoms in total. The third-order valence-electron chi connectivity index (χ3n) is 4.07. The number of aromatic nitrogens is 3. The number of fused-ring (bicyclic) bond motifs is 1. The summed E-state index contributed by atoms with van der Waals surface area (Å²) in [6, 6.07) is 2.63. The maximum absolute atomic E-state index is 12.7. The van der Waals surface area contributed by atoms with Crippen LogP contribution in [-0.2, 0) is 0 Å². The van der Waals surface area contributed by atoms with Gasteiger partial charge in [-0.15, -0.1) is 0 Å². The zero-order valence-corrected chi connectivity index (χ0v) is 13.1. The fourth-order valence-corrected chi connectivity index (χ4v) is 2.77. The number of pyridine rings is 1. The summed E-state index contributed by atoms with van der Waals surface area (Å²) >= 11 is 0. The lowest BCUT2D eigenvalue weighted by Crippen LogP contribution is -2.33. The monoisotopic (exact) mass is 286 g/mol. The van der Waals surface area contributed by atoms with Crippen molar-refractivity contribution in [3.05, 3.63) is 23.5 Å². The van der Waals surface area contributed by atoms with Gasteiger partial charge in [0, 0.05) is 24.0 Å². The lowest BCUT2D eigenvalue weighted by molar-refractivity contribution is 0.0751. The van der Waals surface area contributed by atoms with E-state index in [9.17, 15) is 4.79 Å². The van der Waals surface area contributed by atoms with Gasteiger partial charge in [0.2, 0.25) is 0 Å². The molecule has 0 aliphatic heterocycles. The van der Waals surface area contributed by atoms with Crippen LogP contribution in [0, 0.1) is 6.92 Å². The van der Waals surface area contributed by atoms with Gasteiger partial charge >= 0.3 is 0 Å². The lowest BCUT2D eigenvalue weighted by atomic mass is 10.1. The molecule has 0 spiro atoms. The zero-order chi connectivity index (χ0) is 15.1. The topological polar surface area (TPSA) is 51.0 Å². The number of hydrogen-bond donors (Lipinski definition) is 0. The number of carbonyl (C=O) groups excluding carboxylic acids is 1. The Morgan fingerprint density at radius 2 is 2.19 bits per heavy atom. The van der Waals surface area contributed by atoms with Crippen molar-refractivity contribution in [3.63, 3.8) is 0 Å². The Bertz CT molecular complexity index is 685. The normalized spacial score (nSPS) is 14.9. The van der Waals surface area contributed by atoms with Gasteiger partial charge < -0.3 is 4.90 Å². The van der Waals surface area contributed by atoms with Crippen LogP contribution in [-0.4, -0.2) is 38.2 Å². The van der Waals surface area contributed by atoms with Gasteiger partial charge in [-0.05, 0) is 46.6 Å². The molecule has 0 saturated heterocycles. The Balaban J connectivity index is 2.03. The number of amides is 1. The molecule has 0 aromatic carbocycles. The van der Waals surface area contributed by atoms with Gasteiger partial charge in [-0.1, -0.05) is 0 Å². The molecule has 5 heteroatoms. The zero-order valence-electron chi connectivity index (χ0n) is 13.1. The van der Waals surface area contributed by atoms with E-state index in [1.165, 1.54) is 0 Å². The molecule has 0 N–H and O–H groups in total. The van der Waals surface area contributed by atoms with Crippen LogP contribution in [0.3, 0.4) is 0 Å². The van der Waals surface area contributed by atoms with Crippen molar-refractivity contribution in [1.29, 1.82) is 0 Å². The summed E-state index contributed by atoms with van der Waals surface area (Å²) < 4.78 is 1.90. The van der Waals surface area contributed by atoms with E-state index in [0.29, 0.717) is 11.6 Å². The van der Waals surface area contributed by atoms with Gasteiger partial charge in [0.15, 0.2) is 5.65 Å². The molecular weight excluding hydrogens is 264 g/mol. The number of hydrogen-bond acceptors (Lipinski definition) is 3. The molecule has 1 aliphatic carbocycles. The van der Waals surface area contributed by atoms with Gasteiger partial charge in [-0.3, -0.25) is 4.79 Å². The van der Waals surface area contributed by atoms with Crippen molar-refractivity contribution in [1.82, 2.24) is 19.7 Å². The Kier molecular flexibility index (Phi) is 3.43. The number of rotatable bonds is 4. The van der Waals surface area contributed by atoms with Crippen LogP contribution < -0.4 is 0 Å². The fraction of sp³-hybridized carbons (Fsp3) is 0.562. The quantitative estimate of drug-likeness (QED) is 0.868. The van der Waals surface area contributed by atoms with Crippen molar-refractivity contribution in [3.8, 4) is 0 Å². The lowest BCUT2D eigenvalue weighted by Gasteiger charge is -2.21. The minimum absolute atomic E-state index is 0.101. The maximum Gasteiger partial charge on any atom is 0.255 e. The average Bonchev–Trinajstić information content (AvgIpc) is 3.18. The van der Waals surface area contributed by atoms with Crippen molar-refractivity contribution in [2.75, 3.05) is 6.54 Å². The van der Waals surface area contributed by atoms with Crippen LogP contribution in [0.2, 0.25) is 0 Å². The third-order valence-corrected chi connectivity index (χ3v) is 4.07. The highest BCUT2D eigenvalue weighted by Crippen LogP contribution is 2.29. The molecule has 112 valence electrons. The van der Waals surface area contributed by atoms with Crippen LogP contribution in [0.25, 0.3) is 11.0 Å². The summed E-state index contributed by atoms with van der Waals surface area (Å²) in [5, 5.41) is 5.31. The smallest absolute Gasteiger partial charge is 0.255 e. The van der Waals surface area contributed by atoms with E-state index in [-0.39, 0.29) is 11.9 Å². The first-order valence-electron chi connectivity index (χ1n) is 7.68. The highest BCUT2D eigenvalue weighted by atomic mass is 16.2. The van der Waals surface area contributed by atoms with Crippen molar-refractivity contribution < 1.29 is 4.79 Å². The largest absolute Gasteiger partial charge is 0.336 e. The number of aryl methyl sites for hydroxylation is 1. The van der Waals surface area contributed by atoms with Gasteiger partial charge in [-0.25, -0.2) is 9.67 Å². The molecule has 1 aliphatic rings. The van der Waals surface area contributed by atoms with E-state index in [1.54, 1.807) is 6.20 Å². The predicted molar refractivity (Wildman–Crippen MR) is 82.4 cm³/mol. The molecule has 1 fully saturated rings. The van der Waals surface area contributed by atoms with E-state index < -0.39 is 0 Å². The Morgan fingerprint density at radius 1 is 1.48 bits per heavy atom. The van der Waals surface area contributed by atoms with Crippen molar-refractivity contribution in [2.45, 2.75) is 52.6 Å². The number of nitrogens with zero attached hydrogens (tertiary/aromatic N) is 4. The second-order valence-electron chi connectivity index (χ2n) is 6.04. The summed E-state index contributed by atoms with van der Waals surface area (Å²) in [6.45, 7) is 8.86. The van der Waals surface area contributed by atoms with E-state index in [2.05, 4.69) is 23.9 Å². The van der Waals surface area contributed by atoms with E-state index >= 15 is 0 Å². The third kappa shape index (κ3) is 2.41. The molecule has 0 unspecified atom stereocenters. The molecule has 0 radical (unpaired) electrons. The van der Waals surface area contributed by atoms with E-state index in [1.807, 2.05) is 29.5 Å². The Morgan fingerprint density at radius 3 is 2.76 bits per heavy atom. The van der Waals surface area contributed by atoms with Crippen molar-refractivity contribution in [2.24, 2.45) is 0 Å². The summed E-state index contributed by atoms with van der Waals surface area (Å²) in [6.07, 6.45) is 4.05. The first-order chi connectivity index (χ1) is 10.0. The average molecular weight is 286 g/mol. The van der Waals surface area contributed by atoms with E-state index in [4.69, 9.17) is 0 Å². The van der Waals surface area contributed by atoms with Crippen LogP contribution in [0.15, 0.2) is 12.3 Å². The maximum atomic E-state index is 12.7. The van der Waals surface area contributed by atoms with Crippen molar-refractivity contribution >= 4 is 16.9 Å². The van der Waals surface area contributed by atoms with Crippen LogP contribution >= 0.6 is 0 Å². The Hall–Kier alpha value is -1.91. The first-order valence-corrected chi connectivity index (χ1v) is 7.68. The molecule has 2 aromatic heterocycles. The molecule has 1 amide bonds. The van der Waals surface area contributed by atoms with Gasteiger partial charge in [0.1, 0.15) is 0 Å². The fourth-order valence-electron chi connectivity index (χ4n) is 2.77. The van der Waals surface area contributed by atoms with Gasteiger partial charge in [0.05, 0.1) is 17.5 Å². The van der Waals surface area contributed by atoms with Crippen LogP contribution in [0.5, 0.6) is 0 Å². The molecule has 21 heavy (non-hydrogen) atoms. The predicted octanol–water partition coefficient (Wildman–Crippen LogP) is 2.95. The summed E-state index contributed by atoms with van der Waals surface area (Å²) in [5.41, 5.74) is 2.35. The molecule has 3 rings (SSSR count). The molecule has 0 atom stereocenters. The Labute approximate surface area is 125 Å². The molecule has 2 aromatic rings. The SMILES string of the molecule is CCN(C(=O)c1cc2cnn(C(C)C)c2nc1C)C1CC1. The summed E-state index contributed by atoms with van der Waals surface area (Å²) in [4.78, 5) is 19.3. The van der Waals surface area contributed by atoms with Crippen LogP contribution in [0.1, 0.15) is 55.7 Å². The summed E-state index contributed by atoms with van der Waals surface area (Å²) in [7, 11) is 0. The van der Waals surface area contributed by atoms with Gasteiger partial charge in [-0.2, -0.15) is 5.10 Å². The second-order valence-corrected chi connectivity index (χ2v) is 6.04. The molecule has 2 heterocycles. The second kappa shape index (κ2) is 5.13. The first kappa shape index (κ1) is 14.0. The molecule has 1 saturated carbocycles. The van der Waals surface area contributed by atoms with Gasteiger partial charge in [0.25, 0.3) is 5.91 Å². The summed E-state index contributed by atoms with van der Waals surface area (Å²) in [5.74, 6) is 0.101. The molecule has 0 bridgehead atoms. The van der Waals surface area contributed by atoms with E-state index in [0.717, 1.165) is 36.1 Å². The highest BCUT2D eigenvalue weighted by Gasteiger charge is 2.32. The minimum atomic E-state index is 0.101. The number of carbonyl (C=O) groups is 1. The molecular formula is C16H22N4O. The standard InChI is InChI=1S/C16H22N4O/c1-5-19(13-6-7-13)16(21)14-8-12-9-17-20(10(2)3)15(12)18-11(14)4/h8-10,13H,5-7H2,1-4H3. The minimum Gasteiger partial charge on any atom is -0.336 e.